The zero-order valence-electron chi connectivity index (χ0n) is 13.7. The highest BCUT2D eigenvalue weighted by Crippen LogP contribution is 2.53. The van der Waals surface area contributed by atoms with Gasteiger partial charge in [-0.1, -0.05) is 11.6 Å². The van der Waals surface area contributed by atoms with Crippen molar-refractivity contribution in [2.75, 3.05) is 11.9 Å². The maximum Gasteiger partial charge on any atom is 0.272 e. The summed E-state index contributed by atoms with van der Waals surface area (Å²) in [6.07, 6.45) is 2.01. The Bertz CT molecular complexity index is 1030. The molecule has 3 aromatic rings. The van der Waals surface area contributed by atoms with Crippen molar-refractivity contribution in [1.82, 2.24) is 29.5 Å². The van der Waals surface area contributed by atoms with E-state index in [1.165, 1.54) is 4.68 Å². The summed E-state index contributed by atoms with van der Waals surface area (Å²) in [5, 5.41) is 12.6. The third-order valence-corrected chi connectivity index (χ3v) is 4.92. The molecule has 0 saturated heterocycles. The lowest BCUT2D eigenvalue weighted by Gasteiger charge is -2.07. The number of nitrogens with one attached hydrogen (secondary N) is 1. The number of aryl methyl sites for hydroxylation is 1. The maximum absolute atomic E-state index is 13.5. The normalized spacial score (nSPS) is 21.0. The van der Waals surface area contributed by atoms with Gasteiger partial charge in [0.2, 0.25) is 5.95 Å². The van der Waals surface area contributed by atoms with Crippen molar-refractivity contribution < 1.29 is 13.5 Å². The van der Waals surface area contributed by atoms with E-state index in [1.807, 2.05) is 0 Å². The molecule has 1 fully saturated rings. The van der Waals surface area contributed by atoms with Crippen LogP contribution in [0.3, 0.4) is 0 Å². The SMILES string of the molecule is Cc1c2c(nn1[C@H]1CC1(F)F)OCCCn1nc(Cl)c3cnc(nc31)N2. The Hall–Kier alpha value is -2.49. The standard InChI is InChI=1S/C15H14ClF2N7O/c1-7-10-13(23-25(7)9-5-15(9,17)18)26-4-2-3-24-12-8(11(16)22-24)6-19-14(20-10)21-12/h6,9H,2-5H2,1H3,(H,19,20,21)/t9-/m0/s1. The molecule has 2 aliphatic rings. The van der Waals surface area contributed by atoms with E-state index >= 15 is 0 Å². The van der Waals surface area contributed by atoms with Gasteiger partial charge in [0.25, 0.3) is 11.8 Å². The molecule has 5 rings (SSSR count). The quantitative estimate of drug-likeness (QED) is 0.697. The maximum atomic E-state index is 13.5. The predicted molar refractivity (Wildman–Crippen MR) is 89.3 cm³/mol. The minimum absolute atomic E-state index is 0.214. The summed E-state index contributed by atoms with van der Waals surface area (Å²) >= 11 is 6.13. The molecule has 1 atom stereocenters. The van der Waals surface area contributed by atoms with Gasteiger partial charge in [-0.05, 0) is 6.92 Å². The van der Waals surface area contributed by atoms with Crippen LogP contribution in [0.2, 0.25) is 5.15 Å². The van der Waals surface area contributed by atoms with Crippen LogP contribution < -0.4 is 10.1 Å². The van der Waals surface area contributed by atoms with Gasteiger partial charge in [-0.2, -0.15) is 10.1 Å². The van der Waals surface area contributed by atoms with Gasteiger partial charge < -0.3 is 10.1 Å². The number of alkyl halides is 2. The molecule has 2 bridgehead atoms. The zero-order chi connectivity index (χ0) is 18.1. The molecule has 0 spiro atoms. The number of fused-ring (bicyclic) bond motifs is 2. The second kappa shape index (κ2) is 5.26. The Morgan fingerprint density at radius 3 is 2.96 bits per heavy atom. The van der Waals surface area contributed by atoms with Crippen molar-refractivity contribution in [3.05, 3.63) is 17.0 Å². The lowest BCUT2D eigenvalue weighted by atomic mass is 10.3. The van der Waals surface area contributed by atoms with Crippen LogP contribution in [0.5, 0.6) is 5.88 Å². The Kier molecular flexibility index (Phi) is 3.18. The third kappa shape index (κ3) is 2.32. The summed E-state index contributed by atoms with van der Waals surface area (Å²) in [6.45, 7) is 2.62. The van der Waals surface area contributed by atoms with E-state index in [0.717, 1.165) is 0 Å². The summed E-state index contributed by atoms with van der Waals surface area (Å²) in [7, 11) is 0. The lowest BCUT2D eigenvalue weighted by molar-refractivity contribution is 0.0975. The largest absolute Gasteiger partial charge is 0.475 e. The monoisotopic (exact) mass is 381 g/mol. The summed E-state index contributed by atoms with van der Waals surface area (Å²) in [5.41, 5.74) is 1.65. The molecule has 1 aliphatic heterocycles. The molecule has 3 aromatic heterocycles. The average Bonchev–Trinajstić information content (AvgIpc) is 2.97. The van der Waals surface area contributed by atoms with Gasteiger partial charge in [0, 0.05) is 25.6 Å². The van der Waals surface area contributed by atoms with E-state index in [9.17, 15) is 8.78 Å². The molecule has 1 aliphatic carbocycles. The number of ether oxygens (including phenoxy) is 1. The minimum atomic E-state index is -2.73. The van der Waals surface area contributed by atoms with E-state index in [0.29, 0.717) is 53.1 Å². The Balaban J connectivity index is 1.61. The van der Waals surface area contributed by atoms with Crippen molar-refractivity contribution >= 4 is 34.3 Å². The summed E-state index contributed by atoms with van der Waals surface area (Å²) in [5.74, 6) is -2.16. The van der Waals surface area contributed by atoms with Crippen LogP contribution in [0.4, 0.5) is 20.4 Å². The molecule has 1 saturated carbocycles. The van der Waals surface area contributed by atoms with Gasteiger partial charge in [-0.15, -0.1) is 5.10 Å². The first kappa shape index (κ1) is 15.7. The highest BCUT2D eigenvalue weighted by atomic mass is 35.5. The van der Waals surface area contributed by atoms with Crippen LogP contribution in [0, 0.1) is 6.92 Å². The molecule has 0 unspecified atom stereocenters. The van der Waals surface area contributed by atoms with Crippen molar-refractivity contribution in [2.24, 2.45) is 0 Å². The van der Waals surface area contributed by atoms with Crippen molar-refractivity contribution in [3.8, 4) is 5.88 Å². The number of nitrogens with zero attached hydrogens (tertiary/aromatic N) is 6. The number of anilines is 2. The molecule has 4 heterocycles. The molecular weight excluding hydrogens is 368 g/mol. The first-order valence-corrected chi connectivity index (χ1v) is 8.57. The zero-order valence-corrected chi connectivity index (χ0v) is 14.5. The number of hydrogen-bond acceptors (Lipinski definition) is 6. The predicted octanol–water partition coefficient (Wildman–Crippen LogP) is 3.09. The molecule has 11 heteroatoms. The molecule has 0 aromatic carbocycles. The van der Waals surface area contributed by atoms with Crippen LogP contribution in [-0.2, 0) is 6.54 Å². The van der Waals surface area contributed by atoms with E-state index in [1.54, 1.807) is 17.8 Å². The van der Waals surface area contributed by atoms with Gasteiger partial charge >= 0.3 is 0 Å². The van der Waals surface area contributed by atoms with E-state index in [-0.39, 0.29) is 12.3 Å². The molecule has 26 heavy (non-hydrogen) atoms. The fourth-order valence-electron chi connectivity index (χ4n) is 3.14. The molecular formula is C15H14ClF2N7O. The van der Waals surface area contributed by atoms with Crippen LogP contribution in [0.25, 0.3) is 11.0 Å². The Morgan fingerprint density at radius 2 is 2.19 bits per heavy atom. The van der Waals surface area contributed by atoms with Crippen LogP contribution >= 0.6 is 11.6 Å². The fourth-order valence-corrected chi connectivity index (χ4v) is 3.36. The highest BCUT2D eigenvalue weighted by molar-refractivity contribution is 6.34. The smallest absolute Gasteiger partial charge is 0.272 e. The molecule has 0 radical (unpaired) electrons. The third-order valence-electron chi connectivity index (χ3n) is 4.64. The van der Waals surface area contributed by atoms with Crippen molar-refractivity contribution in [2.45, 2.75) is 38.3 Å². The summed E-state index contributed by atoms with van der Waals surface area (Å²) in [6, 6.07) is -0.933. The van der Waals surface area contributed by atoms with Gasteiger partial charge in [0.1, 0.15) is 11.7 Å². The van der Waals surface area contributed by atoms with E-state index in [2.05, 4.69) is 25.5 Å². The molecule has 8 nitrogen and oxygen atoms in total. The first-order chi connectivity index (χ1) is 12.4. The Labute approximate surface area is 151 Å². The molecule has 136 valence electrons. The summed E-state index contributed by atoms with van der Waals surface area (Å²) in [4.78, 5) is 8.72. The average molecular weight is 382 g/mol. The lowest BCUT2D eigenvalue weighted by Crippen LogP contribution is -2.08. The first-order valence-electron chi connectivity index (χ1n) is 8.20. The van der Waals surface area contributed by atoms with E-state index < -0.39 is 12.0 Å². The number of hydrogen-bond donors (Lipinski definition) is 1. The highest BCUT2D eigenvalue weighted by Gasteiger charge is 2.59. The minimum Gasteiger partial charge on any atom is -0.475 e. The van der Waals surface area contributed by atoms with Crippen LogP contribution in [-0.4, -0.2) is 42.1 Å². The second-order valence-electron chi connectivity index (χ2n) is 6.46. The van der Waals surface area contributed by atoms with E-state index in [4.69, 9.17) is 16.3 Å². The Morgan fingerprint density at radius 1 is 1.38 bits per heavy atom. The topological polar surface area (TPSA) is 82.7 Å². The van der Waals surface area contributed by atoms with Gasteiger partial charge in [0.15, 0.2) is 10.8 Å². The van der Waals surface area contributed by atoms with Crippen LogP contribution in [0.15, 0.2) is 6.20 Å². The number of halogens is 3. The van der Waals surface area contributed by atoms with Crippen LogP contribution in [0.1, 0.15) is 24.6 Å². The molecule has 0 amide bonds. The molecule has 1 N–H and O–H groups in total. The van der Waals surface area contributed by atoms with Crippen molar-refractivity contribution in [1.29, 1.82) is 0 Å². The van der Waals surface area contributed by atoms with Gasteiger partial charge in [-0.3, -0.25) is 4.68 Å². The summed E-state index contributed by atoms with van der Waals surface area (Å²) < 4.78 is 35.8. The van der Waals surface area contributed by atoms with Crippen molar-refractivity contribution in [3.63, 3.8) is 0 Å². The van der Waals surface area contributed by atoms with Gasteiger partial charge in [0.05, 0.1) is 17.7 Å². The fraction of sp³-hybridized carbons (Fsp3) is 0.467. The van der Waals surface area contributed by atoms with Gasteiger partial charge in [-0.25, -0.2) is 18.4 Å². The second-order valence-corrected chi connectivity index (χ2v) is 6.82. The number of aromatic nitrogens is 6. The number of rotatable bonds is 1.